The number of rotatable bonds is 3. The number of carbonyl (C=O) groups excluding carboxylic acids is 1. The van der Waals surface area contributed by atoms with Crippen molar-refractivity contribution in [2.45, 2.75) is 13.3 Å². The first kappa shape index (κ1) is 11.1. The average molecular weight is 280 g/mol. The summed E-state index contributed by atoms with van der Waals surface area (Å²) in [6, 6.07) is 7.68. The Balaban J connectivity index is 2.28. The monoisotopic (exact) mass is 279 g/mol. The zero-order valence-corrected chi connectivity index (χ0v) is 10.3. The molecule has 16 heavy (non-hydrogen) atoms. The second kappa shape index (κ2) is 4.61. The molecule has 0 saturated carbocycles. The number of hydrogen-bond acceptors (Lipinski definition) is 3. The molecule has 0 aliphatic carbocycles. The second-order valence-corrected chi connectivity index (χ2v) is 4.45. The molecule has 0 aliphatic rings. The molecule has 4 heteroatoms. The quantitative estimate of drug-likeness (QED) is 0.866. The van der Waals surface area contributed by atoms with Gasteiger partial charge in [0.05, 0.1) is 12.1 Å². The molecule has 1 heterocycles. The van der Waals surface area contributed by atoms with Crippen molar-refractivity contribution in [1.82, 2.24) is 4.98 Å². The number of Topliss-reactive ketones (excluding diaryl/α,β-unsaturated/α-hetero) is 1. The third-order valence-electron chi connectivity index (χ3n) is 2.05. The maximum atomic E-state index is 10.9. The molecule has 0 amide bonds. The summed E-state index contributed by atoms with van der Waals surface area (Å²) in [5, 5.41) is 0. The minimum absolute atomic E-state index is 0.0779. The number of hydrogen-bond donors (Lipinski definition) is 0. The van der Waals surface area contributed by atoms with Gasteiger partial charge in [-0.2, -0.15) is 0 Å². The lowest BCUT2D eigenvalue weighted by atomic mass is 10.2. The van der Waals surface area contributed by atoms with Gasteiger partial charge in [0.25, 0.3) is 0 Å². The number of halogens is 1. The molecule has 1 aromatic heterocycles. The Labute approximate surface area is 102 Å². The van der Waals surface area contributed by atoms with Crippen LogP contribution in [0.1, 0.15) is 12.6 Å². The van der Waals surface area contributed by atoms with E-state index in [-0.39, 0.29) is 5.78 Å². The first-order chi connectivity index (χ1) is 7.65. The van der Waals surface area contributed by atoms with E-state index in [0.29, 0.717) is 18.0 Å². The predicted octanol–water partition coefficient (Wildman–Crippen LogP) is 3.24. The Bertz CT molecular complexity index is 519. The van der Waals surface area contributed by atoms with Crippen LogP contribution in [0.5, 0.6) is 0 Å². The van der Waals surface area contributed by atoms with Gasteiger partial charge in [-0.1, -0.05) is 22.0 Å². The third-order valence-corrected chi connectivity index (χ3v) is 2.55. The van der Waals surface area contributed by atoms with Crippen LogP contribution in [-0.4, -0.2) is 10.8 Å². The summed E-state index contributed by atoms with van der Waals surface area (Å²) in [4.78, 5) is 15.2. The summed E-state index contributed by atoms with van der Waals surface area (Å²) >= 11 is 3.38. The summed E-state index contributed by atoms with van der Waals surface area (Å²) < 4.78 is 6.29. The van der Waals surface area contributed by atoms with Crippen molar-refractivity contribution in [2.24, 2.45) is 0 Å². The highest BCUT2D eigenvalue weighted by atomic mass is 79.9. The van der Waals surface area contributed by atoms with Crippen molar-refractivity contribution in [3.8, 4) is 11.5 Å². The van der Waals surface area contributed by atoms with Gasteiger partial charge in [0.1, 0.15) is 12.0 Å². The van der Waals surface area contributed by atoms with E-state index in [0.717, 1.165) is 10.0 Å². The molecular formula is C12H10BrNO2. The fourth-order valence-corrected chi connectivity index (χ4v) is 1.80. The van der Waals surface area contributed by atoms with Crippen LogP contribution in [0.25, 0.3) is 11.5 Å². The van der Waals surface area contributed by atoms with E-state index in [9.17, 15) is 4.79 Å². The lowest BCUT2D eigenvalue weighted by Crippen LogP contribution is -1.95. The minimum Gasteiger partial charge on any atom is -0.444 e. The maximum Gasteiger partial charge on any atom is 0.226 e. The summed E-state index contributed by atoms with van der Waals surface area (Å²) in [5.41, 5.74) is 1.56. The first-order valence-corrected chi connectivity index (χ1v) is 5.64. The number of aromatic nitrogens is 1. The van der Waals surface area contributed by atoms with E-state index in [1.165, 1.54) is 13.2 Å². The molecule has 2 rings (SSSR count). The zero-order valence-electron chi connectivity index (χ0n) is 8.74. The standard InChI is InChI=1S/C12H10BrNO2/c1-8(15)5-11-7-16-12(14-11)9-3-2-4-10(13)6-9/h2-4,6-7H,5H2,1H3. The normalized spacial score (nSPS) is 10.4. The molecule has 0 saturated heterocycles. The van der Waals surface area contributed by atoms with Crippen LogP contribution in [0.3, 0.4) is 0 Å². The number of oxazole rings is 1. The van der Waals surface area contributed by atoms with Gasteiger partial charge in [0.15, 0.2) is 0 Å². The second-order valence-electron chi connectivity index (χ2n) is 3.53. The van der Waals surface area contributed by atoms with E-state index in [1.807, 2.05) is 24.3 Å². The van der Waals surface area contributed by atoms with E-state index in [4.69, 9.17) is 4.42 Å². The smallest absolute Gasteiger partial charge is 0.226 e. The molecule has 0 radical (unpaired) electrons. The van der Waals surface area contributed by atoms with Crippen LogP contribution < -0.4 is 0 Å². The largest absolute Gasteiger partial charge is 0.444 e. The molecular weight excluding hydrogens is 270 g/mol. The molecule has 0 N–H and O–H groups in total. The maximum absolute atomic E-state index is 10.9. The summed E-state index contributed by atoms with van der Waals surface area (Å²) in [5.74, 6) is 0.617. The Morgan fingerprint density at radius 1 is 1.50 bits per heavy atom. The molecule has 0 fully saturated rings. The molecule has 1 aromatic carbocycles. The molecule has 0 unspecified atom stereocenters. The fraction of sp³-hybridized carbons (Fsp3) is 0.167. The Hall–Kier alpha value is -1.42. The molecule has 0 aliphatic heterocycles. The van der Waals surface area contributed by atoms with Gasteiger partial charge in [-0.3, -0.25) is 4.79 Å². The molecule has 0 spiro atoms. The zero-order chi connectivity index (χ0) is 11.5. The highest BCUT2D eigenvalue weighted by molar-refractivity contribution is 9.10. The van der Waals surface area contributed by atoms with Crippen LogP contribution >= 0.6 is 15.9 Å². The number of benzene rings is 1. The van der Waals surface area contributed by atoms with Gasteiger partial charge < -0.3 is 4.42 Å². The van der Waals surface area contributed by atoms with Gasteiger partial charge in [-0.05, 0) is 25.1 Å². The third kappa shape index (κ3) is 2.58. The Morgan fingerprint density at radius 2 is 2.31 bits per heavy atom. The molecule has 82 valence electrons. The first-order valence-electron chi connectivity index (χ1n) is 4.85. The van der Waals surface area contributed by atoms with Crippen molar-refractivity contribution in [1.29, 1.82) is 0 Å². The van der Waals surface area contributed by atoms with Gasteiger partial charge in [-0.15, -0.1) is 0 Å². The van der Waals surface area contributed by atoms with Crippen molar-refractivity contribution in [3.63, 3.8) is 0 Å². The lowest BCUT2D eigenvalue weighted by molar-refractivity contribution is -0.116. The van der Waals surface area contributed by atoms with Crippen molar-refractivity contribution < 1.29 is 9.21 Å². The summed E-state index contributed by atoms with van der Waals surface area (Å²) in [7, 11) is 0. The molecule has 2 aromatic rings. The molecule has 0 atom stereocenters. The summed E-state index contributed by atoms with van der Waals surface area (Å²) in [6.45, 7) is 1.54. The van der Waals surface area contributed by atoms with Crippen molar-refractivity contribution in [2.75, 3.05) is 0 Å². The fourth-order valence-electron chi connectivity index (χ4n) is 1.40. The van der Waals surface area contributed by atoms with Crippen LogP contribution in [0.4, 0.5) is 0 Å². The highest BCUT2D eigenvalue weighted by Gasteiger charge is 2.08. The lowest BCUT2D eigenvalue weighted by Gasteiger charge is -1.95. The predicted molar refractivity (Wildman–Crippen MR) is 64.0 cm³/mol. The number of nitrogens with zero attached hydrogens (tertiary/aromatic N) is 1. The average Bonchev–Trinajstić information content (AvgIpc) is 2.65. The van der Waals surface area contributed by atoms with Crippen LogP contribution in [0.15, 0.2) is 39.4 Å². The minimum atomic E-state index is 0.0779. The van der Waals surface area contributed by atoms with Crippen molar-refractivity contribution in [3.05, 3.63) is 40.7 Å². The van der Waals surface area contributed by atoms with Gasteiger partial charge in [0.2, 0.25) is 5.89 Å². The van der Waals surface area contributed by atoms with Crippen LogP contribution in [-0.2, 0) is 11.2 Å². The van der Waals surface area contributed by atoms with Crippen LogP contribution in [0.2, 0.25) is 0 Å². The van der Waals surface area contributed by atoms with E-state index >= 15 is 0 Å². The number of ketones is 1. The van der Waals surface area contributed by atoms with E-state index in [2.05, 4.69) is 20.9 Å². The van der Waals surface area contributed by atoms with E-state index in [1.54, 1.807) is 0 Å². The number of carbonyl (C=O) groups is 1. The SMILES string of the molecule is CC(=O)Cc1coc(-c2cccc(Br)c2)n1. The highest BCUT2D eigenvalue weighted by Crippen LogP contribution is 2.22. The van der Waals surface area contributed by atoms with Crippen molar-refractivity contribution >= 4 is 21.7 Å². The van der Waals surface area contributed by atoms with Crippen LogP contribution in [0, 0.1) is 0 Å². The van der Waals surface area contributed by atoms with Gasteiger partial charge in [0, 0.05) is 10.0 Å². The summed E-state index contributed by atoms with van der Waals surface area (Å²) in [6.07, 6.45) is 1.84. The molecule has 0 bridgehead atoms. The topological polar surface area (TPSA) is 43.1 Å². The molecule has 3 nitrogen and oxygen atoms in total. The van der Waals surface area contributed by atoms with Gasteiger partial charge >= 0.3 is 0 Å². The van der Waals surface area contributed by atoms with E-state index < -0.39 is 0 Å². The van der Waals surface area contributed by atoms with Gasteiger partial charge in [-0.25, -0.2) is 4.98 Å². The Morgan fingerprint density at radius 3 is 3.00 bits per heavy atom. The Kier molecular flexibility index (Phi) is 3.19.